The number of hydrogen-bond acceptors (Lipinski definition) is 0. The molecule has 0 aromatic heterocycles. The maximum Gasteiger partial charge on any atom is 0.159 e. The summed E-state index contributed by atoms with van der Waals surface area (Å²) in [7, 11) is 0. The third-order valence-corrected chi connectivity index (χ3v) is 4.63. The zero-order valence-corrected chi connectivity index (χ0v) is 12.9. The van der Waals surface area contributed by atoms with E-state index in [0.29, 0.717) is 29.9 Å². The minimum Gasteiger partial charge on any atom is -0.206 e. The molecule has 0 spiro atoms. The van der Waals surface area contributed by atoms with Crippen LogP contribution in [0.5, 0.6) is 0 Å². The maximum absolute atomic E-state index is 14.8. The van der Waals surface area contributed by atoms with Crippen molar-refractivity contribution in [2.24, 2.45) is 5.92 Å². The van der Waals surface area contributed by atoms with E-state index in [9.17, 15) is 17.6 Å². The second kappa shape index (κ2) is 6.34. The average Bonchev–Trinajstić information content (AvgIpc) is 2.51. The van der Waals surface area contributed by atoms with Gasteiger partial charge in [-0.15, -0.1) is 0 Å². The lowest BCUT2D eigenvalue weighted by Crippen LogP contribution is -2.16. The summed E-state index contributed by atoms with van der Waals surface area (Å²) in [6.45, 7) is 2.10. The summed E-state index contributed by atoms with van der Waals surface area (Å²) >= 11 is 0. The van der Waals surface area contributed by atoms with Gasteiger partial charge >= 0.3 is 0 Å². The Hall–Kier alpha value is -1.84. The Kier molecular flexibility index (Phi) is 4.42. The van der Waals surface area contributed by atoms with E-state index in [0.717, 1.165) is 31.4 Å². The average molecular weight is 322 g/mol. The summed E-state index contributed by atoms with van der Waals surface area (Å²) in [6.07, 6.45) is 4.21. The molecular weight excluding hydrogens is 304 g/mol. The van der Waals surface area contributed by atoms with E-state index >= 15 is 0 Å². The van der Waals surface area contributed by atoms with Crippen molar-refractivity contribution in [2.45, 2.75) is 39.0 Å². The Morgan fingerprint density at radius 1 is 1.00 bits per heavy atom. The SMILES string of the molecule is CCCC1CCc2c(cc(F)c(-c3ccc(F)c(F)c3)c2F)C1. The van der Waals surface area contributed by atoms with Gasteiger partial charge in [-0.1, -0.05) is 25.8 Å². The normalized spacial score (nSPS) is 17.2. The topological polar surface area (TPSA) is 0 Å². The van der Waals surface area contributed by atoms with E-state index in [1.165, 1.54) is 12.1 Å². The summed E-state index contributed by atoms with van der Waals surface area (Å²) < 4.78 is 55.6. The molecule has 1 unspecified atom stereocenters. The zero-order valence-electron chi connectivity index (χ0n) is 12.9. The van der Waals surface area contributed by atoms with Crippen LogP contribution < -0.4 is 0 Å². The summed E-state index contributed by atoms with van der Waals surface area (Å²) in [5.74, 6) is -3.04. The Balaban J connectivity index is 2.05. The van der Waals surface area contributed by atoms with Gasteiger partial charge in [-0.2, -0.15) is 0 Å². The molecule has 4 heteroatoms. The van der Waals surface area contributed by atoms with Crippen molar-refractivity contribution in [1.82, 2.24) is 0 Å². The monoisotopic (exact) mass is 322 g/mol. The van der Waals surface area contributed by atoms with Gasteiger partial charge in [0.2, 0.25) is 0 Å². The smallest absolute Gasteiger partial charge is 0.159 e. The molecule has 1 aliphatic carbocycles. The van der Waals surface area contributed by atoms with Gasteiger partial charge in [0, 0.05) is 0 Å². The first-order valence-corrected chi connectivity index (χ1v) is 7.96. The van der Waals surface area contributed by atoms with Gasteiger partial charge in [-0.05, 0) is 60.1 Å². The summed E-state index contributed by atoms with van der Waals surface area (Å²) in [5.41, 5.74) is 0.975. The van der Waals surface area contributed by atoms with Crippen LogP contribution >= 0.6 is 0 Å². The summed E-state index contributed by atoms with van der Waals surface area (Å²) in [5, 5.41) is 0. The predicted molar refractivity (Wildman–Crippen MR) is 82.1 cm³/mol. The van der Waals surface area contributed by atoms with Crippen LogP contribution in [-0.2, 0) is 12.8 Å². The van der Waals surface area contributed by atoms with Crippen molar-refractivity contribution in [3.05, 3.63) is 58.7 Å². The number of rotatable bonds is 3. The van der Waals surface area contributed by atoms with Crippen LogP contribution in [0.1, 0.15) is 37.3 Å². The van der Waals surface area contributed by atoms with Gasteiger partial charge in [0.15, 0.2) is 11.6 Å². The highest BCUT2D eigenvalue weighted by Gasteiger charge is 2.25. The van der Waals surface area contributed by atoms with Crippen molar-refractivity contribution >= 4 is 0 Å². The van der Waals surface area contributed by atoms with Gasteiger partial charge in [0.25, 0.3) is 0 Å². The van der Waals surface area contributed by atoms with Crippen LogP contribution in [0.4, 0.5) is 17.6 Å². The molecular formula is C19H18F4. The summed E-state index contributed by atoms with van der Waals surface area (Å²) in [4.78, 5) is 0. The highest BCUT2D eigenvalue weighted by molar-refractivity contribution is 5.67. The van der Waals surface area contributed by atoms with E-state index in [4.69, 9.17) is 0 Å². The molecule has 23 heavy (non-hydrogen) atoms. The molecule has 0 bridgehead atoms. The molecule has 0 saturated carbocycles. The number of fused-ring (bicyclic) bond motifs is 1. The van der Waals surface area contributed by atoms with Gasteiger partial charge in [0.1, 0.15) is 11.6 Å². The molecule has 1 atom stereocenters. The lowest BCUT2D eigenvalue weighted by molar-refractivity contribution is 0.412. The lowest BCUT2D eigenvalue weighted by Gasteiger charge is -2.26. The van der Waals surface area contributed by atoms with E-state index in [-0.39, 0.29) is 11.1 Å². The number of benzene rings is 2. The zero-order chi connectivity index (χ0) is 16.6. The second-order valence-electron chi connectivity index (χ2n) is 6.21. The van der Waals surface area contributed by atoms with Crippen LogP contribution in [0, 0.1) is 29.2 Å². The molecule has 2 aromatic carbocycles. The first kappa shape index (κ1) is 16.0. The molecule has 122 valence electrons. The van der Waals surface area contributed by atoms with E-state index < -0.39 is 23.3 Å². The minimum absolute atomic E-state index is 0.0254. The number of halogens is 4. The molecule has 0 saturated heterocycles. The van der Waals surface area contributed by atoms with Gasteiger partial charge in [-0.25, -0.2) is 17.6 Å². The first-order chi connectivity index (χ1) is 11.0. The molecule has 1 aliphatic rings. The van der Waals surface area contributed by atoms with Crippen molar-refractivity contribution in [2.75, 3.05) is 0 Å². The van der Waals surface area contributed by atoms with Crippen LogP contribution in [0.15, 0.2) is 24.3 Å². The van der Waals surface area contributed by atoms with Crippen molar-refractivity contribution < 1.29 is 17.6 Å². The highest BCUT2D eigenvalue weighted by Crippen LogP contribution is 2.36. The van der Waals surface area contributed by atoms with Crippen LogP contribution in [0.25, 0.3) is 11.1 Å². The second-order valence-corrected chi connectivity index (χ2v) is 6.21. The Morgan fingerprint density at radius 3 is 2.48 bits per heavy atom. The molecule has 2 aromatic rings. The van der Waals surface area contributed by atoms with Gasteiger partial charge < -0.3 is 0 Å². The fourth-order valence-corrected chi connectivity index (χ4v) is 3.49. The molecule has 0 fully saturated rings. The minimum atomic E-state index is -1.11. The molecule has 0 heterocycles. The fraction of sp³-hybridized carbons (Fsp3) is 0.368. The van der Waals surface area contributed by atoms with E-state index in [1.807, 2.05) is 0 Å². The fourth-order valence-electron chi connectivity index (χ4n) is 3.49. The van der Waals surface area contributed by atoms with Crippen LogP contribution in [-0.4, -0.2) is 0 Å². The standard InChI is InChI=1S/C19H18F4/c1-2-3-11-4-6-14-13(8-11)10-17(22)18(19(14)23)12-5-7-15(20)16(21)9-12/h5,7,9-11H,2-4,6,8H2,1H3. The third-order valence-electron chi connectivity index (χ3n) is 4.63. The predicted octanol–water partition coefficient (Wildman–Crippen LogP) is 5.82. The molecule has 0 amide bonds. The van der Waals surface area contributed by atoms with E-state index in [2.05, 4.69) is 6.92 Å². The third kappa shape index (κ3) is 2.99. The van der Waals surface area contributed by atoms with Crippen molar-refractivity contribution in [3.8, 4) is 11.1 Å². The quantitative estimate of drug-likeness (QED) is 0.625. The Bertz CT molecular complexity index is 737. The summed E-state index contributed by atoms with van der Waals surface area (Å²) in [6, 6.07) is 4.29. The lowest BCUT2D eigenvalue weighted by atomic mass is 9.80. The largest absolute Gasteiger partial charge is 0.206 e. The van der Waals surface area contributed by atoms with Gasteiger partial charge in [0.05, 0.1) is 5.56 Å². The molecule has 3 rings (SSSR count). The molecule has 0 aliphatic heterocycles. The van der Waals surface area contributed by atoms with E-state index in [1.54, 1.807) is 0 Å². The van der Waals surface area contributed by atoms with Crippen molar-refractivity contribution in [1.29, 1.82) is 0 Å². The molecule has 0 nitrogen and oxygen atoms in total. The first-order valence-electron chi connectivity index (χ1n) is 7.96. The van der Waals surface area contributed by atoms with Crippen molar-refractivity contribution in [3.63, 3.8) is 0 Å². The highest BCUT2D eigenvalue weighted by atomic mass is 19.2. The van der Waals surface area contributed by atoms with Crippen LogP contribution in [0.2, 0.25) is 0 Å². The van der Waals surface area contributed by atoms with Gasteiger partial charge in [-0.3, -0.25) is 0 Å². The Labute approximate surface area is 133 Å². The number of hydrogen-bond donors (Lipinski definition) is 0. The van der Waals surface area contributed by atoms with Crippen LogP contribution in [0.3, 0.4) is 0 Å². The molecule has 0 N–H and O–H groups in total. The maximum atomic E-state index is 14.8. The Morgan fingerprint density at radius 2 is 1.78 bits per heavy atom. The molecule has 0 radical (unpaired) electrons.